The van der Waals surface area contributed by atoms with Crippen molar-refractivity contribution in [1.82, 2.24) is 9.55 Å². The average Bonchev–Trinajstić information content (AvgIpc) is 2.78. The van der Waals surface area contributed by atoms with Crippen LogP contribution >= 0.6 is 0 Å². The highest BCUT2D eigenvalue weighted by Gasteiger charge is 2.15. The molecule has 18 heavy (non-hydrogen) atoms. The van der Waals surface area contributed by atoms with E-state index in [9.17, 15) is 4.79 Å². The van der Waals surface area contributed by atoms with Gasteiger partial charge in [-0.15, -0.1) is 0 Å². The van der Waals surface area contributed by atoms with E-state index in [-0.39, 0.29) is 12.5 Å². The molecule has 1 aliphatic rings. The van der Waals surface area contributed by atoms with Crippen molar-refractivity contribution in [2.24, 2.45) is 0 Å². The van der Waals surface area contributed by atoms with Gasteiger partial charge in [0, 0.05) is 19.6 Å². The number of aromatic nitrogens is 2. The molecule has 2 rings (SSSR count). The van der Waals surface area contributed by atoms with E-state index in [1.165, 1.54) is 6.42 Å². The fourth-order valence-corrected chi connectivity index (χ4v) is 2.11. The fraction of sp³-hybridized carbons (Fsp3) is 0.692. The van der Waals surface area contributed by atoms with Gasteiger partial charge in [-0.3, -0.25) is 4.79 Å². The second-order valence-electron chi connectivity index (χ2n) is 4.62. The number of imidazole rings is 1. The van der Waals surface area contributed by atoms with Crippen LogP contribution in [0.2, 0.25) is 0 Å². The largest absolute Gasteiger partial charge is 0.372 e. The van der Waals surface area contributed by atoms with E-state index in [1.807, 2.05) is 0 Å². The maximum Gasteiger partial charge on any atom is 0.251 e. The Bertz CT molecular complexity index is 401. The highest BCUT2D eigenvalue weighted by atomic mass is 16.5. The van der Waals surface area contributed by atoms with Crippen molar-refractivity contribution in [1.29, 1.82) is 0 Å². The molecule has 0 aliphatic carbocycles. The van der Waals surface area contributed by atoms with Crippen molar-refractivity contribution in [2.75, 3.05) is 18.5 Å². The number of unbranched alkanes of at least 4 members (excludes halogenated alkanes) is 1. The number of hydrogen-bond acceptors (Lipinski definition) is 3. The Morgan fingerprint density at radius 1 is 1.56 bits per heavy atom. The second kappa shape index (κ2) is 6.54. The Hall–Kier alpha value is -1.36. The zero-order chi connectivity index (χ0) is 12.8. The first-order valence-corrected chi connectivity index (χ1v) is 6.73. The summed E-state index contributed by atoms with van der Waals surface area (Å²) in [6.07, 6.45) is 7.16. The van der Waals surface area contributed by atoms with Gasteiger partial charge < -0.3 is 14.6 Å². The molecule has 100 valence electrons. The third-order valence-electron chi connectivity index (χ3n) is 3.11. The molecule has 1 aromatic heterocycles. The standard InChI is InChI=1S/C13H21N3O2/c1-2-3-8-18-10-13(17)15-12-9-14-11-6-4-5-7-16(11)12/h9H,2-8,10H2,1H3,(H,15,17). The van der Waals surface area contributed by atoms with Gasteiger partial charge in [-0.25, -0.2) is 4.98 Å². The van der Waals surface area contributed by atoms with E-state index in [0.29, 0.717) is 6.61 Å². The molecule has 0 unspecified atom stereocenters. The summed E-state index contributed by atoms with van der Waals surface area (Å²) in [6.45, 7) is 3.82. The van der Waals surface area contributed by atoms with Crippen molar-refractivity contribution >= 4 is 11.7 Å². The van der Waals surface area contributed by atoms with Gasteiger partial charge in [0.2, 0.25) is 0 Å². The van der Waals surface area contributed by atoms with Crippen LogP contribution in [0.4, 0.5) is 5.82 Å². The van der Waals surface area contributed by atoms with Gasteiger partial charge in [-0.05, 0) is 19.3 Å². The summed E-state index contributed by atoms with van der Waals surface area (Å²) in [4.78, 5) is 16.0. The highest BCUT2D eigenvalue weighted by molar-refractivity contribution is 5.90. The van der Waals surface area contributed by atoms with Gasteiger partial charge >= 0.3 is 0 Å². The molecule has 5 heteroatoms. The van der Waals surface area contributed by atoms with Gasteiger partial charge in [0.15, 0.2) is 0 Å². The van der Waals surface area contributed by atoms with Crippen LogP contribution < -0.4 is 5.32 Å². The summed E-state index contributed by atoms with van der Waals surface area (Å²) in [5.41, 5.74) is 0. The molecule has 0 saturated carbocycles. The first-order valence-electron chi connectivity index (χ1n) is 6.73. The molecule has 1 N–H and O–H groups in total. The maximum atomic E-state index is 11.7. The zero-order valence-corrected chi connectivity index (χ0v) is 10.9. The lowest BCUT2D eigenvalue weighted by Gasteiger charge is -2.16. The SMILES string of the molecule is CCCCOCC(=O)Nc1cnc2n1CCCC2. The lowest BCUT2D eigenvalue weighted by Crippen LogP contribution is -2.22. The van der Waals surface area contributed by atoms with Gasteiger partial charge in [0.05, 0.1) is 6.20 Å². The molecule has 0 fully saturated rings. The van der Waals surface area contributed by atoms with Crippen LogP contribution in [0.3, 0.4) is 0 Å². The van der Waals surface area contributed by atoms with E-state index in [0.717, 1.165) is 43.9 Å². The number of aryl methyl sites for hydroxylation is 1. The molecule has 0 spiro atoms. The van der Waals surface area contributed by atoms with Gasteiger partial charge in [0.25, 0.3) is 5.91 Å². The number of amides is 1. The van der Waals surface area contributed by atoms with Crippen molar-refractivity contribution in [2.45, 2.75) is 45.6 Å². The molecular formula is C13H21N3O2. The number of carbonyl (C=O) groups is 1. The molecule has 5 nitrogen and oxygen atoms in total. The maximum absolute atomic E-state index is 11.7. The summed E-state index contributed by atoms with van der Waals surface area (Å²) in [7, 11) is 0. The first kappa shape index (κ1) is 13.1. The van der Waals surface area contributed by atoms with E-state index < -0.39 is 0 Å². The number of fused-ring (bicyclic) bond motifs is 1. The molecule has 0 atom stereocenters. The van der Waals surface area contributed by atoms with Crippen LogP contribution in [0.25, 0.3) is 0 Å². The number of hydrogen-bond donors (Lipinski definition) is 1. The predicted octanol–water partition coefficient (Wildman–Crippen LogP) is 1.97. The lowest BCUT2D eigenvalue weighted by molar-refractivity contribution is -0.120. The van der Waals surface area contributed by atoms with Gasteiger partial charge in [-0.1, -0.05) is 13.3 Å². The average molecular weight is 251 g/mol. The van der Waals surface area contributed by atoms with Gasteiger partial charge in [0.1, 0.15) is 18.2 Å². The Balaban J connectivity index is 1.82. The van der Waals surface area contributed by atoms with Crippen molar-refractivity contribution < 1.29 is 9.53 Å². The van der Waals surface area contributed by atoms with Crippen LogP contribution in [0.15, 0.2) is 6.20 Å². The van der Waals surface area contributed by atoms with E-state index >= 15 is 0 Å². The number of nitrogens with one attached hydrogen (secondary N) is 1. The lowest BCUT2D eigenvalue weighted by atomic mass is 10.2. The first-order chi connectivity index (χ1) is 8.81. The van der Waals surface area contributed by atoms with Gasteiger partial charge in [-0.2, -0.15) is 0 Å². The predicted molar refractivity (Wildman–Crippen MR) is 69.5 cm³/mol. The Labute approximate surface area is 108 Å². The zero-order valence-electron chi connectivity index (χ0n) is 10.9. The third kappa shape index (κ3) is 3.32. The monoisotopic (exact) mass is 251 g/mol. The summed E-state index contributed by atoms with van der Waals surface area (Å²) in [6, 6.07) is 0. The van der Waals surface area contributed by atoms with Crippen molar-refractivity contribution in [3.63, 3.8) is 0 Å². The van der Waals surface area contributed by atoms with Crippen LogP contribution in [-0.4, -0.2) is 28.7 Å². The number of ether oxygens (including phenoxy) is 1. The summed E-state index contributed by atoms with van der Waals surface area (Å²) in [5, 5.41) is 2.86. The summed E-state index contributed by atoms with van der Waals surface area (Å²) >= 11 is 0. The van der Waals surface area contributed by atoms with Crippen molar-refractivity contribution in [3.8, 4) is 0 Å². The Kier molecular flexibility index (Phi) is 4.75. The molecule has 1 amide bonds. The van der Waals surface area contributed by atoms with Crippen LogP contribution in [0.5, 0.6) is 0 Å². The van der Waals surface area contributed by atoms with E-state index in [2.05, 4.69) is 21.8 Å². The van der Waals surface area contributed by atoms with E-state index in [4.69, 9.17) is 4.74 Å². The fourth-order valence-electron chi connectivity index (χ4n) is 2.11. The smallest absolute Gasteiger partial charge is 0.251 e. The minimum absolute atomic E-state index is 0.0978. The summed E-state index contributed by atoms with van der Waals surface area (Å²) < 4.78 is 7.38. The summed E-state index contributed by atoms with van der Waals surface area (Å²) in [5.74, 6) is 1.77. The number of carbonyl (C=O) groups excluding carboxylic acids is 1. The Morgan fingerprint density at radius 3 is 3.28 bits per heavy atom. The number of rotatable bonds is 6. The quantitative estimate of drug-likeness (QED) is 0.786. The Morgan fingerprint density at radius 2 is 2.44 bits per heavy atom. The molecule has 0 bridgehead atoms. The molecule has 1 aliphatic heterocycles. The topological polar surface area (TPSA) is 56.1 Å². The second-order valence-corrected chi connectivity index (χ2v) is 4.62. The molecule has 0 saturated heterocycles. The molecule has 0 aromatic carbocycles. The molecule has 2 heterocycles. The van der Waals surface area contributed by atoms with Crippen LogP contribution in [0.1, 0.15) is 38.4 Å². The highest BCUT2D eigenvalue weighted by Crippen LogP contribution is 2.19. The molecular weight excluding hydrogens is 230 g/mol. The molecule has 0 radical (unpaired) electrons. The number of nitrogens with zero attached hydrogens (tertiary/aromatic N) is 2. The molecule has 1 aromatic rings. The minimum Gasteiger partial charge on any atom is -0.372 e. The van der Waals surface area contributed by atoms with Crippen LogP contribution in [-0.2, 0) is 22.5 Å². The minimum atomic E-state index is -0.0978. The van der Waals surface area contributed by atoms with Crippen LogP contribution in [0, 0.1) is 0 Å². The van der Waals surface area contributed by atoms with E-state index in [1.54, 1.807) is 6.20 Å². The number of anilines is 1. The normalized spacial score (nSPS) is 14.3. The van der Waals surface area contributed by atoms with Crippen molar-refractivity contribution in [3.05, 3.63) is 12.0 Å². The third-order valence-corrected chi connectivity index (χ3v) is 3.11.